The van der Waals surface area contributed by atoms with E-state index in [1.165, 1.54) is 17.4 Å². The number of benzene rings is 1. The zero-order valence-electron chi connectivity index (χ0n) is 15.0. The number of carbonyl (C=O) groups excluding carboxylic acids is 1. The molecule has 1 N–H and O–H groups in total. The Hall–Kier alpha value is -1.83. The van der Waals surface area contributed by atoms with Crippen molar-refractivity contribution in [3.8, 4) is 0 Å². The maximum atomic E-state index is 12.1. The molecule has 7 heteroatoms. The fourth-order valence-electron chi connectivity index (χ4n) is 2.85. The lowest BCUT2D eigenvalue weighted by atomic mass is 10.2. The Morgan fingerprint density at radius 3 is 2.65 bits per heavy atom. The first-order chi connectivity index (χ1) is 12.6. The van der Waals surface area contributed by atoms with Crippen LogP contribution in [0.4, 0.5) is 11.4 Å². The Bertz CT molecular complexity index is 736. The first-order valence-corrected chi connectivity index (χ1v) is 10.5. The average Bonchev–Trinajstić information content (AvgIpc) is 3.07. The Morgan fingerprint density at radius 2 is 2.04 bits per heavy atom. The third-order valence-corrected chi connectivity index (χ3v) is 6.34. The van der Waals surface area contributed by atoms with Crippen molar-refractivity contribution in [2.75, 3.05) is 48.7 Å². The summed E-state index contributed by atoms with van der Waals surface area (Å²) in [5.41, 5.74) is 3.03. The monoisotopic (exact) mass is 388 g/mol. The predicted molar refractivity (Wildman–Crippen MR) is 111 cm³/mol. The largest absolute Gasteiger partial charge is 0.369 e. The number of aromatic nitrogens is 1. The second-order valence-corrected chi connectivity index (χ2v) is 8.30. The van der Waals surface area contributed by atoms with Crippen LogP contribution in [0.5, 0.6) is 0 Å². The van der Waals surface area contributed by atoms with Crippen LogP contribution in [0.1, 0.15) is 5.69 Å². The number of hydrogen-bond donors (Lipinski definition) is 1. The molecular formula is C19H24N4OS2. The van der Waals surface area contributed by atoms with Crippen LogP contribution < -0.4 is 10.2 Å². The lowest BCUT2D eigenvalue weighted by Gasteiger charge is -2.35. The number of hydrogen-bond acceptors (Lipinski definition) is 6. The summed E-state index contributed by atoms with van der Waals surface area (Å²) < 4.78 is 0.934. The van der Waals surface area contributed by atoms with Gasteiger partial charge < -0.3 is 10.2 Å². The van der Waals surface area contributed by atoms with Gasteiger partial charge >= 0.3 is 0 Å². The maximum Gasteiger partial charge on any atom is 0.234 e. The number of amides is 1. The van der Waals surface area contributed by atoms with Crippen LogP contribution in [0.25, 0.3) is 0 Å². The predicted octanol–water partition coefficient (Wildman–Crippen LogP) is 3.49. The zero-order valence-corrected chi connectivity index (χ0v) is 16.6. The standard InChI is InChI=1S/C19H24N4OS2/c1-3-8-22-9-11-23(12-10-22)17-6-4-16(5-7-17)21-18(24)14-26-19-20-15(2)13-25-19/h3-7,13H,1,8-12,14H2,2H3,(H,21,24). The van der Waals surface area contributed by atoms with Gasteiger partial charge in [0.1, 0.15) is 0 Å². The normalized spacial score (nSPS) is 15.0. The van der Waals surface area contributed by atoms with E-state index in [4.69, 9.17) is 0 Å². The van der Waals surface area contributed by atoms with E-state index in [-0.39, 0.29) is 5.91 Å². The topological polar surface area (TPSA) is 48.5 Å². The first kappa shape index (κ1) is 18.9. The minimum Gasteiger partial charge on any atom is -0.369 e. The molecule has 0 atom stereocenters. The summed E-state index contributed by atoms with van der Waals surface area (Å²) in [6.45, 7) is 10.9. The Balaban J connectivity index is 1.46. The summed E-state index contributed by atoms with van der Waals surface area (Å²) in [6.07, 6.45) is 1.96. The van der Waals surface area contributed by atoms with Gasteiger partial charge in [-0.3, -0.25) is 9.69 Å². The van der Waals surface area contributed by atoms with E-state index in [0.29, 0.717) is 5.75 Å². The molecule has 1 aromatic heterocycles. The highest BCUT2D eigenvalue weighted by Crippen LogP contribution is 2.23. The molecule has 3 rings (SSSR count). The number of aryl methyl sites for hydroxylation is 1. The molecule has 2 heterocycles. The molecule has 0 saturated carbocycles. The molecule has 0 radical (unpaired) electrons. The van der Waals surface area contributed by atoms with Gasteiger partial charge in [0.05, 0.1) is 5.75 Å². The summed E-state index contributed by atoms with van der Waals surface area (Å²) in [6, 6.07) is 8.11. The number of nitrogens with zero attached hydrogens (tertiary/aromatic N) is 3. The van der Waals surface area contributed by atoms with Crippen molar-refractivity contribution in [2.24, 2.45) is 0 Å². The molecule has 1 fully saturated rings. The fourth-order valence-corrected chi connectivity index (χ4v) is 4.50. The SMILES string of the molecule is C=CCN1CCN(c2ccc(NC(=O)CSc3nc(C)cs3)cc2)CC1. The zero-order chi connectivity index (χ0) is 18.4. The van der Waals surface area contributed by atoms with E-state index in [1.807, 2.05) is 30.5 Å². The van der Waals surface area contributed by atoms with Crippen LogP contribution in [0.2, 0.25) is 0 Å². The van der Waals surface area contributed by atoms with Crippen LogP contribution >= 0.6 is 23.1 Å². The van der Waals surface area contributed by atoms with Gasteiger partial charge in [0.2, 0.25) is 5.91 Å². The van der Waals surface area contributed by atoms with Crippen molar-refractivity contribution >= 4 is 40.4 Å². The van der Waals surface area contributed by atoms with Gasteiger partial charge in [-0.2, -0.15) is 0 Å². The quantitative estimate of drug-likeness (QED) is 0.581. The van der Waals surface area contributed by atoms with Crippen molar-refractivity contribution in [3.05, 3.63) is 48.0 Å². The third-order valence-electron chi connectivity index (χ3n) is 4.20. The number of thiazole rings is 1. The Labute approximate surface area is 163 Å². The van der Waals surface area contributed by atoms with E-state index in [9.17, 15) is 4.79 Å². The fraction of sp³-hybridized carbons (Fsp3) is 0.368. The minimum absolute atomic E-state index is 0.00589. The van der Waals surface area contributed by atoms with Crippen LogP contribution in [-0.2, 0) is 4.79 Å². The van der Waals surface area contributed by atoms with Crippen molar-refractivity contribution in [3.63, 3.8) is 0 Å². The molecular weight excluding hydrogens is 364 g/mol. The number of piperazine rings is 1. The minimum atomic E-state index is -0.00589. The van der Waals surface area contributed by atoms with Crippen LogP contribution in [0, 0.1) is 6.92 Å². The summed E-state index contributed by atoms with van der Waals surface area (Å²) in [7, 11) is 0. The van der Waals surface area contributed by atoms with Crippen molar-refractivity contribution in [1.82, 2.24) is 9.88 Å². The molecule has 2 aromatic rings. The summed E-state index contributed by atoms with van der Waals surface area (Å²) in [5.74, 6) is 0.369. The van der Waals surface area contributed by atoms with E-state index < -0.39 is 0 Å². The van der Waals surface area contributed by atoms with E-state index in [2.05, 4.69) is 38.8 Å². The molecule has 1 aliphatic rings. The van der Waals surface area contributed by atoms with Gasteiger partial charge in [0.15, 0.2) is 4.34 Å². The molecule has 0 unspecified atom stereocenters. The van der Waals surface area contributed by atoms with Gasteiger partial charge in [0.25, 0.3) is 0 Å². The Morgan fingerprint density at radius 1 is 1.31 bits per heavy atom. The number of anilines is 2. The average molecular weight is 389 g/mol. The molecule has 0 spiro atoms. The second-order valence-electron chi connectivity index (χ2n) is 6.21. The van der Waals surface area contributed by atoms with Crippen LogP contribution in [0.15, 0.2) is 46.6 Å². The molecule has 0 aliphatic carbocycles. The Kier molecular flexibility index (Phi) is 6.71. The summed E-state index contributed by atoms with van der Waals surface area (Å²) >= 11 is 3.05. The van der Waals surface area contributed by atoms with Crippen LogP contribution in [0.3, 0.4) is 0 Å². The molecule has 26 heavy (non-hydrogen) atoms. The van der Waals surface area contributed by atoms with Gasteiger partial charge in [0, 0.05) is 55.2 Å². The van der Waals surface area contributed by atoms with E-state index in [1.54, 1.807) is 11.3 Å². The number of nitrogens with one attached hydrogen (secondary N) is 1. The maximum absolute atomic E-state index is 12.1. The van der Waals surface area contributed by atoms with Gasteiger partial charge in [-0.1, -0.05) is 17.8 Å². The van der Waals surface area contributed by atoms with E-state index >= 15 is 0 Å². The highest BCUT2D eigenvalue weighted by molar-refractivity contribution is 8.01. The number of thioether (sulfide) groups is 1. The molecule has 1 amide bonds. The van der Waals surface area contributed by atoms with Gasteiger partial charge in [-0.15, -0.1) is 17.9 Å². The van der Waals surface area contributed by atoms with Crippen LogP contribution in [-0.4, -0.2) is 54.3 Å². The van der Waals surface area contributed by atoms with E-state index in [0.717, 1.165) is 48.4 Å². The summed E-state index contributed by atoms with van der Waals surface area (Å²) in [5, 5.41) is 4.95. The molecule has 5 nitrogen and oxygen atoms in total. The number of carbonyl (C=O) groups is 1. The molecule has 1 aromatic carbocycles. The van der Waals surface area contributed by atoms with Crippen molar-refractivity contribution in [1.29, 1.82) is 0 Å². The lowest BCUT2D eigenvalue weighted by Crippen LogP contribution is -2.46. The lowest BCUT2D eigenvalue weighted by molar-refractivity contribution is -0.113. The smallest absolute Gasteiger partial charge is 0.234 e. The third kappa shape index (κ3) is 5.33. The van der Waals surface area contributed by atoms with Crippen molar-refractivity contribution in [2.45, 2.75) is 11.3 Å². The molecule has 1 aliphatic heterocycles. The second kappa shape index (κ2) is 9.21. The summed E-state index contributed by atoms with van der Waals surface area (Å²) in [4.78, 5) is 21.2. The molecule has 138 valence electrons. The highest BCUT2D eigenvalue weighted by Gasteiger charge is 2.16. The highest BCUT2D eigenvalue weighted by atomic mass is 32.2. The van der Waals surface area contributed by atoms with Gasteiger partial charge in [-0.05, 0) is 31.2 Å². The first-order valence-electron chi connectivity index (χ1n) is 8.67. The molecule has 0 bridgehead atoms. The van der Waals surface area contributed by atoms with Gasteiger partial charge in [-0.25, -0.2) is 4.98 Å². The molecule has 1 saturated heterocycles. The number of rotatable bonds is 7. The van der Waals surface area contributed by atoms with Crippen molar-refractivity contribution < 1.29 is 4.79 Å².